The van der Waals surface area contributed by atoms with E-state index in [4.69, 9.17) is 10.4 Å². The number of carbonyl (C=O) groups is 1. The third-order valence-electron chi connectivity index (χ3n) is 2.97. The molecule has 0 aliphatic carbocycles. The monoisotopic (exact) mass is 283 g/mol. The summed E-state index contributed by atoms with van der Waals surface area (Å²) in [4.78, 5) is 16.5. The summed E-state index contributed by atoms with van der Waals surface area (Å²) in [6, 6.07) is 10.6. The largest absolute Gasteiger partial charge is 0.338 e. The van der Waals surface area contributed by atoms with Crippen molar-refractivity contribution in [3.63, 3.8) is 0 Å². The maximum atomic E-state index is 12.2. The Morgan fingerprint density at radius 3 is 2.81 bits per heavy atom. The van der Waals surface area contributed by atoms with Gasteiger partial charge in [0.25, 0.3) is 5.91 Å². The molecular weight excluding hydrogens is 270 g/mol. The van der Waals surface area contributed by atoms with Crippen LogP contribution in [0.3, 0.4) is 0 Å². The fourth-order valence-electron chi connectivity index (χ4n) is 2.01. The van der Waals surface area contributed by atoms with Gasteiger partial charge in [-0.2, -0.15) is 0 Å². The molecule has 0 bridgehead atoms. The molecule has 0 spiro atoms. The highest BCUT2D eigenvalue weighted by atomic mass is 16.5. The number of aromatic nitrogens is 2. The van der Waals surface area contributed by atoms with Gasteiger partial charge in [-0.15, -0.1) is 0 Å². The summed E-state index contributed by atoms with van der Waals surface area (Å²) in [5, 5.41) is 7.14. The van der Waals surface area contributed by atoms with Gasteiger partial charge in [0.05, 0.1) is 16.9 Å². The lowest BCUT2D eigenvalue weighted by molar-refractivity contribution is 0.101. The molecule has 3 aromatic rings. The number of nitrogens with one attached hydrogen (secondary N) is 2. The van der Waals surface area contributed by atoms with Crippen LogP contribution in [0.4, 0.5) is 11.6 Å². The first kappa shape index (κ1) is 13.1. The summed E-state index contributed by atoms with van der Waals surface area (Å²) >= 11 is 0. The second-order valence-corrected chi connectivity index (χ2v) is 4.50. The van der Waals surface area contributed by atoms with Crippen LogP contribution < -0.4 is 16.6 Å². The van der Waals surface area contributed by atoms with Gasteiger partial charge in [0.2, 0.25) is 5.88 Å². The quantitative estimate of drug-likeness (QED) is 0.502. The van der Waals surface area contributed by atoms with Crippen LogP contribution in [0.25, 0.3) is 10.9 Å². The predicted octanol–water partition coefficient (Wildman–Crippen LogP) is 2.07. The first-order valence-corrected chi connectivity index (χ1v) is 6.28. The number of rotatable bonds is 3. The maximum Gasteiger partial charge on any atom is 0.276 e. The van der Waals surface area contributed by atoms with Crippen molar-refractivity contribution in [3.05, 3.63) is 47.8 Å². The van der Waals surface area contributed by atoms with Gasteiger partial charge in [-0.05, 0) is 19.1 Å². The number of hydrazine groups is 1. The molecule has 7 nitrogen and oxygen atoms in total. The van der Waals surface area contributed by atoms with Gasteiger partial charge < -0.3 is 9.95 Å². The molecular formula is C14H13N5O2. The van der Waals surface area contributed by atoms with Crippen molar-refractivity contribution in [3.8, 4) is 0 Å². The molecule has 21 heavy (non-hydrogen) atoms. The SMILES string of the molecule is Cc1cc(NC(=O)c2cc(NN)c3ccccc3n2)on1. The summed E-state index contributed by atoms with van der Waals surface area (Å²) in [5.41, 5.74) is 4.79. The Balaban J connectivity index is 1.98. The number of fused-ring (bicyclic) bond motifs is 1. The minimum absolute atomic E-state index is 0.232. The van der Waals surface area contributed by atoms with Crippen LogP contribution in [0.5, 0.6) is 0 Å². The molecule has 106 valence electrons. The molecule has 4 N–H and O–H groups in total. The summed E-state index contributed by atoms with van der Waals surface area (Å²) in [5.74, 6) is 5.38. The maximum absolute atomic E-state index is 12.2. The Morgan fingerprint density at radius 2 is 2.10 bits per heavy atom. The van der Waals surface area contributed by atoms with E-state index >= 15 is 0 Å². The Bertz CT molecular complexity index is 812. The molecule has 2 heterocycles. The predicted molar refractivity (Wildman–Crippen MR) is 78.7 cm³/mol. The van der Waals surface area contributed by atoms with Crippen molar-refractivity contribution in [2.24, 2.45) is 5.84 Å². The average Bonchev–Trinajstić information content (AvgIpc) is 2.91. The number of aryl methyl sites for hydroxylation is 1. The average molecular weight is 283 g/mol. The number of nitrogen functional groups attached to an aromatic ring is 1. The zero-order valence-corrected chi connectivity index (χ0v) is 11.3. The number of amides is 1. The highest BCUT2D eigenvalue weighted by Crippen LogP contribution is 2.22. The van der Waals surface area contributed by atoms with Gasteiger partial charge in [-0.1, -0.05) is 23.4 Å². The van der Waals surface area contributed by atoms with Gasteiger partial charge in [-0.3, -0.25) is 16.0 Å². The highest BCUT2D eigenvalue weighted by Gasteiger charge is 2.13. The van der Waals surface area contributed by atoms with Gasteiger partial charge in [0, 0.05) is 11.5 Å². The lowest BCUT2D eigenvalue weighted by Crippen LogP contribution is -2.15. The summed E-state index contributed by atoms with van der Waals surface area (Å²) in [7, 11) is 0. The number of pyridine rings is 1. The number of hydrogen-bond donors (Lipinski definition) is 3. The topological polar surface area (TPSA) is 106 Å². The number of nitrogens with two attached hydrogens (primary N) is 1. The molecule has 0 unspecified atom stereocenters. The molecule has 0 saturated carbocycles. The normalized spacial score (nSPS) is 10.6. The van der Waals surface area contributed by atoms with Crippen LogP contribution >= 0.6 is 0 Å². The molecule has 0 aliphatic heterocycles. The zero-order valence-electron chi connectivity index (χ0n) is 11.3. The third-order valence-corrected chi connectivity index (χ3v) is 2.97. The minimum atomic E-state index is -0.395. The minimum Gasteiger partial charge on any atom is -0.338 e. The Kier molecular flexibility index (Phi) is 3.25. The number of benzene rings is 1. The van der Waals surface area contributed by atoms with Crippen molar-refractivity contribution < 1.29 is 9.32 Å². The number of anilines is 2. The smallest absolute Gasteiger partial charge is 0.276 e. The van der Waals surface area contributed by atoms with Crippen LogP contribution in [0, 0.1) is 6.92 Å². The molecule has 0 atom stereocenters. The van der Waals surface area contributed by atoms with Gasteiger partial charge >= 0.3 is 0 Å². The summed E-state index contributed by atoms with van der Waals surface area (Å²) in [6.45, 7) is 1.77. The van der Waals surface area contributed by atoms with Crippen molar-refractivity contribution in [2.75, 3.05) is 10.7 Å². The molecule has 3 rings (SSSR count). The van der Waals surface area contributed by atoms with Crippen LogP contribution in [-0.4, -0.2) is 16.0 Å². The third kappa shape index (κ3) is 2.54. The number of para-hydroxylation sites is 1. The molecule has 0 aliphatic rings. The molecule has 7 heteroatoms. The number of hydrogen-bond acceptors (Lipinski definition) is 6. The van der Waals surface area contributed by atoms with Crippen molar-refractivity contribution in [2.45, 2.75) is 6.92 Å². The van der Waals surface area contributed by atoms with Crippen LogP contribution in [-0.2, 0) is 0 Å². The van der Waals surface area contributed by atoms with E-state index in [1.807, 2.05) is 24.3 Å². The Morgan fingerprint density at radius 1 is 1.29 bits per heavy atom. The molecule has 1 amide bonds. The van der Waals surface area contributed by atoms with E-state index in [9.17, 15) is 4.79 Å². The van der Waals surface area contributed by atoms with Crippen molar-refractivity contribution in [1.29, 1.82) is 0 Å². The molecule has 0 radical (unpaired) electrons. The van der Waals surface area contributed by atoms with E-state index < -0.39 is 5.91 Å². The standard InChI is InChI=1S/C14H13N5O2/c1-8-6-13(21-19-8)17-14(20)12-7-11(18-15)9-4-2-3-5-10(9)16-12/h2-7H,15H2,1H3,(H,16,18)(H,17,20). The fraction of sp³-hybridized carbons (Fsp3) is 0.0714. The second kappa shape index (κ2) is 5.22. The van der Waals surface area contributed by atoms with Crippen LogP contribution in [0.2, 0.25) is 0 Å². The molecule has 0 saturated heterocycles. The van der Waals surface area contributed by atoms with E-state index in [0.717, 1.165) is 5.39 Å². The lowest BCUT2D eigenvalue weighted by Gasteiger charge is -2.08. The summed E-state index contributed by atoms with van der Waals surface area (Å²) < 4.78 is 4.95. The van der Waals surface area contributed by atoms with Crippen LogP contribution in [0.15, 0.2) is 40.9 Å². The van der Waals surface area contributed by atoms with Crippen molar-refractivity contribution >= 4 is 28.4 Å². The molecule has 1 aromatic carbocycles. The molecule has 2 aromatic heterocycles. The first-order chi connectivity index (χ1) is 10.2. The van der Waals surface area contributed by atoms with Gasteiger partial charge in [0.1, 0.15) is 5.69 Å². The Hall–Kier alpha value is -2.93. The fourth-order valence-corrected chi connectivity index (χ4v) is 2.01. The zero-order chi connectivity index (χ0) is 14.8. The van der Waals surface area contributed by atoms with E-state index in [-0.39, 0.29) is 11.6 Å². The van der Waals surface area contributed by atoms with Crippen LogP contribution in [0.1, 0.15) is 16.2 Å². The first-order valence-electron chi connectivity index (χ1n) is 6.28. The Labute approximate surface area is 120 Å². The highest BCUT2D eigenvalue weighted by molar-refractivity contribution is 6.05. The lowest BCUT2D eigenvalue weighted by atomic mass is 10.1. The summed E-state index contributed by atoms with van der Waals surface area (Å²) in [6.07, 6.45) is 0. The van der Waals surface area contributed by atoms with E-state index in [1.165, 1.54) is 0 Å². The number of nitrogens with zero attached hydrogens (tertiary/aromatic N) is 2. The van der Waals surface area contributed by atoms with E-state index in [2.05, 4.69) is 20.9 Å². The van der Waals surface area contributed by atoms with Crippen molar-refractivity contribution in [1.82, 2.24) is 10.1 Å². The van der Waals surface area contributed by atoms with Gasteiger partial charge in [-0.25, -0.2) is 4.98 Å². The second-order valence-electron chi connectivity index (χ2n) is 4.50. The van der Waals surface area contributed by atoms with E-state index in [0.29, 0.717) is 16.9 Å². The number of carbonyl (C=O) groups excluding carboxylic acids is 1. The van der Waals surface area contributed by atoms with Gasteiger partial charge in [0.15, 0.2) is 0 Å². The molecule has 0 fully saturated rings. The van der Waals surface area contributed by atoms with E-state index in [1.54, 1.807) is 19.1 Å².